The third-order valence-corrected chi connectivity index (χ3v) is 3.75. The van der Waals surface area contributed by atoms with Crippen molar-refractivity contribution >= 4 is 11.6 Å². The lowest BCUT2D eigenvalue weighted by molar-refractivity contribution is -0.0486. The number of hydrazine groups is 1. The first-order chi connectivity index (χ1) is 8.13. The summed E-state index contributed by atoms with van der Waals surface area (Å²) in [5, 5.41) is 0.723. The Balaban J connectivity index is 3.08. The molecule has 0 aliphatic heterocycles. The second-order valence-electron chi connectivity index (χ2n) is 4.13. The number of benzene rings is 1. The molecular formula is C13H21ClN2O. The molecule has 3 nitrogen and oxygen atoms in total. The summed E-state index contributed by atoms with van der Waals surface area (Å²) in [6.45, 7) is 4.21. The Kier molecular flexibility index (Phi) is 5.40. The van der Waals surface area contributed by atoms with E-state index < -0.39 is 0 Å². The Morgan fingerprint density at radius 2 is 1.82 bits per heavy atom. The zero-order chi connectivity index (χ0) is 12.9. The number of ether oxygens (including phenoxy) is 1. The fourth-order valence-electron chi connectivity index (χ4n) is 2.27. The molecule has 17 heavy (non-hydrogen) atoms. The van der Waals surface area contributed by atoms with Gasteiger partial charge in [0, 0.05) is 12.1 Å². The van der Waals surface area contributed by atoms with Gasteiger partial charge in [-0.05, 0) is 30.5 Å². The van der Waals surface area contributed by atoms with Crippen molar-refractivity contribution in [3.05, 3.63) is 34.9 Å². The van der Waals surface area contributed by atoms with Gasteiger partial charge in [-0.15, -0.1) is 0 Å². The van der Waals surface area contributed by atoms with Crippen LogP contribution < -0.4 is 11.3 Å². The van der Waals surface area contributed by atoms with Gasteiger partial charge in [0.25, 0.3) is 0 Å². The van der Waals surface area contributed by atoms with Crippen LogP contribution in [-0.4, -0.2) is 12.7 Å². The Hall–Kier alpha value is -0.610. The van der Waals surface area contributed by atoms with E-state index in [1.54, 1.807) is 7.11 Å². The molecule has 0 bridgehead atoms. The smallest absolute Gasteiger partial charge is 0.0880 e. The average molecular weight is 257 g/mol. The SMILES string of the molecule is CCC(CC)(OC)C(NN)c1ccc(Cl)cc1. The summed E-state index contributed by atoms with van der Waals surface area (Å²) in [6.07, 6.45) is 1.77. The normalized spacial score (nSPS) is 13.7. The van der Waals surface area contributed by atoms with Crippen molar-refractivity contribution < 1.29 is 4.74 Å². The number of halogens is 1. The van der Waals surface area contributed by atoms with E-state index in [0.29, 0.717) is 0 Å². The molecule has 0 fully saturated rings. The van der Waals surface area contributed by atoms with Gasteiger partial charge in [-0.25, -0.2) is 0 Å². The third-order valence-electron chi connectivity index (χ3n) is 3.50. The molecule has 1 unspecified atom stereocenters. The molecule has 4 heteroatoms. The summed E-state index contributed by atoms with van der Waals surface area (Å²) < 4.78 is 5.70. The monoisotopic (exact) mass is 256 g/mol. The second kappa shape index (κ2) is 6.36. The van der Waals surface area contributed by atoms with Crippen molar-refractivity contribution in [3.63, 3.8) is 0 Å². The van der Waals surface area contributed by atoms with Gasteiger partial charge in [-0.1, -0.05) is 37.6 Å². The average Bonchev–Trinajstić information content (AvgIpc) is 2.38. The topological polar surface area (TPSA) is 47.3 Å². The van der Waals surface area contributed by atoms with Crippen molar-refractivity contribution in [2.24, 2.45) is 5.84 Å². The number of hydrogen-bond acceptors (Lipinski definition) is 3. The van der Waals surface area contributed by atoms with E-state index in [-0.39, 0.29) is 11.6 Å². The third kappa shape index (κ3) is 2.99. The maximum Gasteiger partial charge on any atom is 0.0880 e. The van der Waals surface area contributed by atoms with Gasteiger partial charge in [-0.2, -0.15) is 0 Å². The molecule has 1 atom stereocenters. The summed E-state index contributed by atoms with van der Waals surface area (Å²) in [4.78, 5) is 0. The van der Waals surface area contributed by atoms with Gasteiger partial charge in [-0.3, -0.25) is 11.3 Å². The molecule has 0 amide bonds. The van der Waals surface area contributed by atoms with Crippen LogP contribution in [0.5, 0.6) is 0 Å². The first-order valence-electron chi connectivity index (χ1n) is 5.90. The van der Waals surface area contributed by atoms with Crippen LogP contribution in [0.1, 0.15) is 38.3 Å². The van der Waals surface area contributed by atoms with E-state index in [2.05, 4.69) is 19.3 Å². The van der Waals surface area contributed by atoms with Crippen molar-refractivity contribution in [1.82, 2.24) is 5.43 Å². The molecule has 0 spiro atoms. The first kappa shape index (κ1) is 14.5. The molecule has 1 aromatic rings. The van der Waals surface area contributed by atoms with Crippen LogP contribution in [0.2, 0.25) is 5.02 Å². The molecule has 0 saturated carbocycles. The molecule has 0 heterocycles. The zero-order valence-corrected chi connectivity index (χ0v) is 11.4. The Labute approximate surface area is 108 Å². The number of nitrogens with two attached hydrogens (primary N) is 1. The molecule has 3 N–H and O–H groups in total. The summed E-state index contributed by atoms with van der Waals surface area (Å²) in [5.74, 6) is 5.69. The molecule has 96 valence electrons. The molecule has 0 saturated heterocycles. The van der Waals surface area contributed by atoms with Gasteiger partial charge in [0.2, 0.25) is 0 Å². The van der Waals surface area contributed by atoms with E-state index >= 15 is 0 Å². The fourth-order valence-corrected chi connectivity index (χ4v) is 2.40. The first-order valence-corrected chi connectivity index (χ1v) is 6.28. The Bertz CT molecular complexity index is 328. The zero-order valence-electron chi connectivity index (χ0n) is 10.7. The van der Waals surface area contributed by atoms with Crippen molar-refractivity contribution in [2.75, 3.05) is 7.11 Å². The molecule has 0 radical (unpaired) electrons. The highest BCUT2D eigenvalue weighted by Gasteiger charge is 2.36. The van der Waals surface area contributed by atoms with Gasteiger partial charge in [0.1, 0.15) is 0 Å². The van der Waals surface area contributed by atoms with Crippen LogP contribution in [0.15, 0.2) is 24.3 Å². The minimum Gasteiger partial charge on any atom is -0.376 e. The van der Waals surface area contributed by atoms with Gasteiger partial charge in [0.05, 0.1) is 11.6 Å². The number of nitrogens with one attached hydrogen (secondary N) is 1. The second-order valence-corrected chi connectivity index (χ2v) is 4.56. The van der Waals surface area contributed by atoms with Crippen molar-refractivity contribution in [2.45, 2.75) is 38.3 Å². The predicted octanol–water partition coefficient (Wildman–Crippen LogP) is 3.05. The van der Waals surface area contributed by atoms with E-state index in [9.17, 15) is 0 Å². The maximum absolute atomic E-state index is 5.89. The van der Waals surface area contributed by atoms with E-state index in [0.717, 1.165) is 23.4 Å². The summed E-state index contributed by atoms with van der Waals surface area (Å²) >= 11 is 5.89. The molecule has 1 rings (SSSR count). The lowest BCUT2D eigenvalue weighted by Gasteiger charge is -2.38. The van der Waals surface area contributed by atoms with Crippen LogP contribution in [-0.2, 0) is 4.74 Å². The van der Waals surface area contributed by atoms with Gasteiger partial charge < -0.3 is 4.74 Å². The van der Waals surface area contributed by atoms with E-state index in [1.165, 1.54) is 0 Å². The largest absolute Gasteiger partial charge is 0.376 e. The van der Waals surface area contributed by atoms with Gasteiger partial charge in [0.15, 0.2) is 0 Å². The van der Waals surface area contributed by atoms with Crippen LogP contribution in [0.4, 0.5) is 0 Å². The summed E-state index contributed by atoms with van der Waals surface area (Å²) in [6, 6.07) is 7.65. The maximum atomic E-state index is 5.89. The minimum atomic E-state index is -0.289. The van der Waals surface area contributed by atoms with Crippen LogP contribution in [0.3, 0.4) is 0 Å². The summed E-state index contributed by atoms with van der Waals surface area (Å²) in [5.41, 5.74) is 3.66. The lowest BCUT2D eigenvalue weighted by Crippen LogP contribution is -2.47. The van der Waals surface area contributed by atoms with Crippen molar-refractivity contribution in [1.29, 1.82) is 0 Å². The van der Waals surface area contributed by atoms with E-state index in [1.807, 2.05) is 24.3 Å². The highest BCUT2D eigenvalue weighted by atomic mass is 35.5. The molecule has 0 aliphatic carbocycles. The van der Waals surface area contributed by atoms with Gasteiger partial charge >= 0.3 is 0 Å². The highest BCUT2D eigenvalue weighted by Crippen LogP contribution is 2.34. The molecule has 0 aliphatic rings. The fraction of sp³-hybridized carbons (Fsp3) is 0.538. The van der Waals surface area contributed by atoms with Crippen LogP contribution in [0, 0.1) is 0 Å². The molecular weight excluding hydrogens is 236 g/mol. The Morgan fingerprint density at radius 1 is 1.29 bits per heavy atom. The summed E-state index contributed by atoms with van der Waals surface area (Å²) in [7, 11) is 1.73. The lowest BCUT2D eigenvalue weighted by atomic mass is 9.84. The quantitative estimate of drug-likeness (QED) is 0.608. The number of methoxy groups -OCH3 is 1. The Morgan fingerprint density at radius 3 is 2.18 bits per heavy atom. The molecule has 0 aromatic heterocycles. The number of hydrogen-bond donors (Lipinski definition) is 2. The minimum absolute atomic E-state index is 0.0419. The van der Waals surface area contributed by atoms with E-state index in [4.69, 9.17) is 22.2 Å². The predicted molar refractivity (Wildman–Crippen MR) is 71.8 cm³/mol. The van der Waals surface area contributed by atoms with Crippen molar-refractivity contribution in [3.8, 4) is 0 Å². The number of rotatable bonds is 6. The van der Waals surface area contributed by atoms with Crippen LogP contribution in [0.25, 0.3) is 0 Å². The standard InChI is InChI=1S/C13H21ClN2O/c1-4-13(5-2,17-3)12(16-15)10-6-8-11(14)9-7-10/h6-9,12,16H,4-5,15H2,1-3H3. The van der Waals surface area contributed by atoms with Crippen LogP contribution >= 0.6 is 11.6 Å². The highest BCUT2D eigenvalue weighted by molar-refractivity contribution is 6.30. The molecule has 1 aromatic carbocycles.